The maximum atomic E-state index is 8.74. The molecule has 0 spiro atoms. The molecule has 4 aromatic carbocycles. The Bertz CT molecular complexity index is 2030. The van der Waals surface area contributed by atoms with Crippen molar-refractivity contribution in [3.63, 3.8) is 0 Å². The Kier molecular flexibility index (Phi) is 9.72. The first-order valence-electron chi connectivity index (χ1n) is 18.6. The van der Waals surface area contributed by atoms with Gasteiger partial charge < -0.3 is 0 Å². The minimum atomic E-state index is -4.89. The van der Waals surface area contributed by atoms with Crippen LogP contribution in [0.4, 0.5) is 0 Å². The Labute approximate surface area is 312 Å². The van der Waals surface area contributed by atoms with Crippen LogP contribution in [0.2, 0.25) is 13.1 Å². The van der Waals surface area contributed by atoms with Crippen molar-refractivity contribution in [3.05, 3.63) is 128 Å². The van der Waals surface area contributed by atoms with Crippen molar-refractivity contribution in [2.24, 2.45) is 5.92 Å². The monoisotopic (exact) mass is 797 g/mol. The number of hydrogen-bond acceptors (Lipinski definition) is 0. The van der Waals surface area contributed by atoms with Crippen molar-refractivity contribution in [1.82, 2.24) is 0 Å². The molecular formula is C46H57Cl2SiZr. The van der Waals surface area contributed by atoms with Crippen LogP contribution in [0.3, 0.4) is 0 Å². The topological polar surface area (TPSA) is 0 Å². The second kappa shape index (κ2) is 12.9. The summed E-state index contributed by atoms with van der Waals surface area (Å²) in [5.74, 6) is -1.33. The van der Waals surface area contributed by atoms with Crippen molar-refractivity contribution in [1.29, 1.82) is 0 Å². The van der Waals surface area contributed by atoms with E-state index in [9.17, 15) is 0 Å². The van der Waals surface area contributed by atoms with Crippen LogP contribution in [0.25, 0.3) is 34.4 Å². The van der Waals surface area contributed by atoms with Crippen LogP contribution < -0.4 is 0 Å². The minimum absolute atomic E-state index is 0.0717. The van der Waals surface area contributed by atoms with Gasteiger partial charge in [0.25, 0.3) is 0 Å². The van der Waals surface area contributed by atoms with E-state index in [0.717, 1.165) is 0 Å². The zero-order valence-electron chi connectivity index (χ0n) is 32.6. The number of fused-ring (bicyclic) bond motifs is 2. The summed E-state index contributed by atoms with van der Waals surface area (Å²) in [4.78, 5) is 0. The number of rotatable bonds is 6. The molecule has 0 saturated carbocycles. The fraction of sp³-hybridized carbons (Fsp3) is 0.391. The van der Waals surface area contributed by atoms with Crippen molar-refractivity contribution in [2.45, 2.75) is 107 Å². The fourth-order valence-corrected chi connectivity index (χ4v) is 41.4. The molecular weight excluding hydrogens is 743 g/mol. The van der Waals surface area contributed by atoms with Crippen LogP contribution in [-0.2, 0) is 26.4 Å². The van der Waals surface area contributed by atoms with Crippen LogP contribution in [-0.4, -0.2) is 5.92 Å². The molecule has 2 aliphatic carbocycles. The van der Waals surface area contributed by atoms with E-state index in [1.54, 1.807) is 0 Å². The van der Waals surface area contributed by atoms with Crippen LogP contribution in [0.1, 0.15) is 114 Å². The zero-order chi connectivity index (χ0) is 36.7. The molecule has 6 rings (SSSR count). The number of aryl methyl sites for hydroxylation is 2. The Hall–Kier alpha value is -1.96. The maximum absolute atomic E-state index is 8.74. The summed E-state index contributed by atoms with van der Waals surface area (Å²) in [6.07, 6.45) is 4.95. The molecule has 50 heavy (non-hydrogen) atoms. The van der Waals surface area contributed by atoms with Crippen molar-refractivity contribution in [3.8, 4) is 22.3 Å². The average Bonchev–Trinajstić information content (AvgIpc) is 3.60. The second-order valence-corrected chi connectivity index (χ2v) is 60.6. The molecule has 0 radical (unpaired) electrons. The van der Waals surface area contributed by atoms with Gasteiger partial charge in [0.2, 0.25) is 0 Å². The third-order valence-electron chi connectivity index (χ3n) is 12.0. The van der Waals surface area contributed by atoms with Gasteiger partial charge in [0.05, 0.1) is 0 Å². The van der Waals surface area contributed by atoms with Gasteiger partial charge in [-0.3, -0.25) is 0 Å². The van der Waals surface area contributed by atoms with Gasteiger partial charge in [0.1, 0.15) is 0 Å². The van der Waals surface area contributed by atoms with E-state index < -0.39 is 21.5 Å². The van der Waals surface area contributed by atoms with E-state index in [-0.39, 0.29) is 18.1 Å². The SMILES string of the molecule is CC1=Cc2c(-c3ccc(C(C)(C)C)cc3)c(C)cc(C)c2[CH]1[Zr]([Cl])([Cl])([CH]1C(C(C)C)=Cc2c(-c3ccc(C(C)(C)C)cc3)cccc21)[SiH](C)C. The van der Waals surface area contributed by atoms with Crippen LogP contribution in [0, 0.1) is 19.8 Å². The Morgan fingerprint density at radius 1 is 0.660 bits per heavy atom. The Morgan fingerprint density at radius 2 is 1.20 bits per heavy atom. The van der Waals surface area contributed by atoms with E-state index in [1.807, 2.05) is 0 Å². The van der Waals surface area contributed by atoms with Crippen LogP contribution in [0.15, 0.2) is 83.9 Å². The molecule has 0 bridgehead atoms. The van der Waals surface area contributed by atoms with Gasteiger partial charge in [-0.25, -0.2) is 0 Å². The zero-order valence-corrected chi connectivity index (χ0v) is 37.8. The predicted octanol–water partition coefficient (Wildman–Crippen LogP) is 14.5. The van der Waals surface area contributed by atoms with Crippen molar-refractivity contribution in [2.75, 3.05) is 0 Å². The molecule has 4 heteroatoms. The number of halogens is 2. The molecule has 0 nitrogen and oxygen atoms in total. The molecule has 0 N–H and O–H groups in total. The average molecular weight is 800 g/mol. The summed E-state index contributed by atoms with van der Waals surface area (Å²) < 4.78 is 0.146. The van der Waals surface area contributed by atoms with Gasteiger partial charge in [-0.1, -0.05) is 0 Å². The third kappa shape index (κ3) is 6.07. The van der Waals surface area contributed by atoms with Crippen molar-refractivity contribution >= 4 is 35.1 Å². The van der Waals surface area contributed by atoms with Crippen LogP contribution in [0.5, 0.6) is 0 Å². The molecule has 0 saturated heterocycles. The van der Waals surface area contributed by atoms with E-state index in [0.29, 0.717) is 5.92 Å². The molecule has 0 fully saturated rings. The van der Waals surface area contributed by atoms with E-state index in [4.69, 9.17) is 17.0 Å². The van der Waals surface area contributed by atoms with Gasteiger partial charge in [-0.2, -0.15) is 0 Å². The second-order valence-electron chi connectivity index (χ2n) is 18.1. The molecule has 0 heterocycles. The molecule has 4 aromatic rings. The molecule has 0 amide bonds. The predicted molar refractivity (Wildman–Crippen MR) is 223 cm³/mol. The van der Waals surface area contributed by atoms with Gasteiger partial charge in [0.15, 0.2) is 0 Å². The number of benzene rings is 4. The van der Waals surface area contributed by atoms with E-state index in [2.05, 4.69) is 174 Å². The summed E-state index contributed by atoms with van der Waals surface area (Å²) in [6, 6.07) is 27.8. The molecule has 2 unspecified atom stereocenters. The first-order valence-corrected chi connectivity index (χ1v) is 34.9. The van der Waals surface area contributed by atoms with E-state index >= 15 is 0 Å². The molecule has 0 aliphatic heterocycles. The first-order chi connectivity index (χ1) is 23.2. The summed E-state index contributed by atoms with van der Waals surface area (Å²) >= 11 is -4.89. The molecule has 0 aromatic heterocycles. The quantitative estimate of drug-likeness (QED) is 0.170. The van der Waals surface area contributed by atoms with Crippen LogP contribution >= 0.6 is 17.0 Å². The van der Waals surface area contributed by atoms with Gasteiger partial charge in [-0.05, 0) is 0 Å². The summed E-state index contributed by atoms with van der Waals surface area (Å²) in [6.45, 7) is 30.2. The molecule has 2 atom stereocenters. The molecule has 263 valence electrons. The third-order valence-corrected chi connectivity index (χ3v) is 63.9. The Balaban J connectivity index is 1.56. The Morgan fingerprint density at radius 3 is 1.70 bits per heavy atom. The van der Waals surface area contributed by atoms with Gasteiger partial charge >= 0.3 is 315 Å². The summed E-state index contributed by atoms with van der Waals surface area (Å²) in [5.41, 5.74) is 18.9. The summed E-state index contributed by atoms with van der Waals surface area (Å²) in [7, 11) is 17.5. The molecule has 2 aliphatic rings. The number of hydrogen-bond donors (Lipinski definition) is 0. The first kappa shape index (κ1) is 37.8. The normalized spacial score (nSPS) is 18.5. The number of allylic oxidation sites excluding steroid dienone is 2. The van der Waals surface area contributed by atoms with Gasteiger partial charge in [-0.15, -0.1) is 0 Å². The van der Waals surface area contributed by atoms with Gasteiger partial charge in [0, 0.05) is 0 Å². The van der Waals surface area contributed by atoms with E-state index in [1.165, 1.54) is 77.9 Å². The van der Waals surface area contributed by atoms with Crippen molar-refractivity contribution < 1.29 is 15.6 Å². The standard InChI is InChI=1S/2C22H25.C2H7Si.2ClH.Zr/c1-14-11-19-15(2)13-16(3)21(20(19)12-14)17-7-9-18(10-8-17)22(4,5)6;1-15(2)18-13-17-7-6-8-20(21(17)14-18)16-9-11-19(12-10-16)22(3,4)5;1-3-2;;;/h7-13H,1-6H3;6-15H,1-5H3;3H,1-2H3;2*1H;/q;;;;;+2/p-2. The fourth-order valence-electron chi connectivity index (χ4n) is 9.11. The summed E-state index contributed by atoms with van der Waals surface area (Å²) in [5, 5.41) is 0.